The summed E-state index contributed by atoms with van der Waals surface area (Å²) in [5.41, 5.74) is -0.316. The molecule has 0 saturated heterocycles. The highest BCUT2D eigenvalue weighted by Gasteiger charge is 2.30. The average molecular weight is 437 g/mol. The van der Waals surface area contributed by atoms with Gasteiger partial charge >= 0.3 is 0 Å². The molecule has 1 rings (SSSR count). The quantitative estimate of drug-likeness (QED) is 0.682. The number of halogens is 1. The van der Waals surface area contributed by atoms with Gasteiger partial charge in [-0.25, -0.2) is 16.8 Å². The van der Waals surface area contributed by atoms with E-state index >= 15 is 0 Å². The Bertz CT molecular complexity index is 850. The Morgan fingerprint density at radius 3 is 2.25 bits per heavy atom. The van der Waals surface area contributed by atoms with Crippen LogP contribution in [0.2, 0.25) is 0 Å². The Kier molecular flexibility index (Phi) is 6.61. The number of nitriles is 1. The minimum atomic E-state index is -3.95. The number of nitrogens with zero attached hydrogens (tertiary/aromatic N) is 2. The molecule has 0 aliphatic rings. The highest BCUT2D eigenvalue weighted by molar-refractivity contribution is 9.10. The fourth-order valence-corrected chi connectivity index (χ4v) is 5.38. The third kappa shape index (κ3) is 5.55. The van der Waals surface area contributed by atoms with Gasteiger partial charge in [-0.3, -0.25) is 0 Å². The summed E-state index contributed by atoms with van der Waals surface area (Å²) < 4.78 is 51.0. The van der Waals surface area contributed by atoms with Crippen LogP contribution < -0.4 is 0 Å². The van der Waals surface area contributed by atoms with E-state index in [2.05, 4.69) is 15.9 Å². The van der Waals surface area contributed by atoms with Crippen LogP contribution in [0.4, 0.5) is 0 Å². The number of hydrogen-bond donors (Lipinski definition) is 0. The zero-order valence-electron chi connectivity index (χ0n) is 14.1. The van der Waals surface area contributed by atoms with Crippen molar-refractivity contribution in [3.63, 3.8) is 0 Å². The second-order valence-electron chi connectivity index (χ2n) is 6.67. The molecule has 0 unspecified atom stereocenters. The van der Waals surface area contributed by atoms with Gasteiger partial charge in [-0.2, -0.15) is 9.57 Å². The van der Waals surface area contributed by atoms with Crippen molar-refractivity contribution in [3.05, 3.63) is 22.7 Å². The highest BCUT2D eigenvalue weighted by Crippen LogP contribution is 2.30. The first kappa shape index (κ1) is 21.1. The molecule has 0 heterocycles. The Labute approximate surface area is 152 Å². The van der Waals surface area contributed by atoms with Gasteiger partial charge in [0.15, 0.2) is 9.84 Å². The summed E-state index contributed by atoms with van der Waals surface area (Å²) in [6.45, 7) is 5.94. The molecule has 0 radical (unpaired) electrons. The van der Waals surface area contributed by atoms with Crippen LogP contribution in [0.3, 0.4) is 0 Å². The van der Waals surface area contributed by atoms with Crippen LogP contribution in [-0.4, -0.2) is 40.5 Å². The van der Waals surface area contributed by atoms with Crippen molar-refractivity contribution in [2.45, 2.75) is 37.0 Å². The maximum atomic E-state index is 13.0. The second kappa shape index (κ2) is 7.52. The first-order chi connectivity index (χ1) is 10.8. The first-order valence-electron chi connectivity index (χ1n) is 7.16. The van der Waals surface area contributed by atoms with Crippen LogP contribution in [-0.2, 0) is 19.9 Å². The van der Waals surface area contributed by atoms with Crippen molar-refractivity contribution in [1.29, 1.82) is 5.26 Å². The molecule has 1 aromatic rings. The number of benzene rings is 1. The van der Waals surface area contributed by atoms with Crippen LogP contribution in [0.5, 0.6) is 0 Å². The van der Waals surface area contributed by atoms with E-state index in [1.54, 1.807) is 0 Å². The number of sulfonamides is 1. The second-order valence-corrected chi connectivity index (χ2v) is 11.4. The summed E-state index contributed by atoms with van der Waals surface area (Å²) in [7, 11) is -7.49. The smallest absolute Gasteiger partial charge is 0.224 e. The predicted molar refractivity (Wildman–Crippen MR) is 95.7 cm³/mol. The Balaban J connectivity index is 3.46. The molecule has 0 N–H and O–H groups in total. The molecule has 6 nitrogen and oxygen atoms in total. The molecule has 0 aliphatic carbocycles. The summed E-state index contributed by atoms with van der Waals surface area (Å²) >= 11 is 3.18. The maximum absolute atomic E-state index is 13.0. The predicted octanol–water partition coefficient (Wildman–Crippen LogP) is 2.80. The van der Waals surface area contributed by atoms with E-state index in [1.807, 2.05) is 26.8 Å². The van der Waals surface area contributed by atoms with Crippen LogP contribution >= 0.6 is 15.9 Å². The van der Waals surface area contributed by atoms with E-state index < -0.39 is 19.9 Å². The van der Waals surface area contributed by atoms with Gasteiger partial charge in [0, 0.05) is 30.2 Å². The van der Waals surface area contributed by atoms with Gasteiger partial charge in [0.25, 0.3) is 0 Å². The molecule has 1 aromatic carbocycles. The monoisotopic (exact) mass is 436 g/mol. The highest BCUT2D eigenvalue weighted by atomic mass is 79.9. The lowest BCUT2D eigenvalue weighted by Gasteiger charge is -2.29. The van der Waals surface area contributed by atoms with Gasteiger partial charge in [-0.05, 0) is 39.5 Å². The fourth-order valence-electron chi connectivity index (χ4n) is 2.04. The normalized spacial score (nSPS) is 13.0. The molecule has 134 valence electrons. The van der Waals surface area contributed by atoms with Crippen LogP contribution in [0.1, 0.15) is 27.2 Å². The summed E-state index contributed by atoms with van der Waals surface area (Å²) in [6, 6.07) is 5.85. The molecular formula is C15H21BrN2O4S2. The van der Waals surface area contributed by atoms with Crippen molar-refractivity contribution in [2.24, 2.45) is 5.41 Å². The van der Waals surface area contributed by atoms with Crippen molar-refractivity contribution in [2.75, 3.05) is 19.3 Å². The summed E-state index contributed by atoms with van der Waals surface area (Å²) in [5, 5.41) is 8.80. The molecule has 0 spiro atoms. The van der Waals surface area contributed by atoms with Crippen molar-refractivity contribution in [1.82, 2.24) is 4.31 Å². The van der Waals surface area contributed by atoms with E-state index in [9.17, 15) is 16.8 Å². The molecule has 0 saturated carbocycles. The van der Waals surface area contributed by atoms with E-state index in [0.29, 0.717) is 0 Å². The summed E-state index contributed by atoms with van der Waals surface area (Å²) in [5.74, 6) is 0. The summed E-state index contributed by atoms with van der Waals surface area (Å²) in [4.78, 5) is -0.187. The fraction of sp³-hybridized carbons (Fsp3) is 0.533. The topological polar surface area (TPSA) is 95.3 Å². The van der Waals surface area contributed by atoms with Crippen molar-refractivity contribution >= 4 is 35.8 Å². The standard InChI is InChI=1S/C15H21BrN2O4S2/c1-15(2,3)11-18(9-5-8-17)24(21,22)14-10-12(23(4,19)20)6-7-13(14)16/h6-7,10H,5,9,11H2,1-4H3. The number of sulfone groups is 1. The molecule has 0 aliphatic heterocycles. The molecule has 0 atom stereocenters. The molecule has 24 heavy (non-hydrogen) atoms. The Morgan fingerprint density at radius 1 is 1.21 bits per heavy atom. The minimum absolute atomic E-state index is 0.0473. The lowest BCUT2D eigenvalue weighted by molar-refractivity contribution is 0.284. The maximum Gasteiger partial charge on any atom is 0.244 e. The molecular weight excluding hydrogens is 416 g/mol. The number of hydrogen-bond acceptors (Lipinski definition) is 5. The molecule has 9 heteroatoms. The van der Waals surface area contributed by atoms with Crippen LogP contribution in [0.25, 0.3) is 0 Å². The van der Waals surface area contributed by atoms with Gasteiger partial charge in [0.1, 0.15) is 0 Å². The Hall–Kier alpha value is -0.950. The van der Waals surface area contributed by atoms with Gasteiger partial charge in [0.2, 0.25) is 10.0 Å². The first-order valence-corrected chi connectivity index (χ1v) is 11.3. The zero-order valence-corrected chi connectivity index (χ0v) is 17.3. The zero-order chi connectivity index (χ0) is 18.8. The van der Waals surface area contributed by atoms with Crippen molar-refractivity contribution in [3.8, 4) is 6.07 Å². The third-order valence-electron chi connectivity index (χ3n) is 3.07. The lowest BCUT2D eigenvalue weighted by atomic mass is 9.97. The van der Waals surface area contributed by atoms with Gasteiger partial charge in [0.05, 0.1) is 15.9 Å². The third-order valence-corrected chi connectivity index (χ3v) is 7.02. The lowest BCUT2D eigenvalue weighted by Crippen LogP contribution is -2.38. The number of rotatable bonds is 6. The molecule has 0 fully saturated rings. The molecule has 0 amide bonds. The molecule has 0 aromatic heterocycles. The summed E-state index contributed by atoms with van der Waals surface area (Å²) in [6.07, 6.45) is 1.08. The van der Waals surface area contributed by atoms with Crippen LogP contribution in [0.15, 0.2) is 32.5 Å². The van der Waals surface area contributed by atoms with E-state index in [1.165, 1.54) is 16.4 Å². The Morgan fingerprint density at radius 2 is 1.79 bits per heavy atom. The molecule has 0 bridgehead atoms. The average Bonchev–Trinajstić information content (AvgIpc) is 2.41. The van der Waals surface area contributed by atoms with Crippen molar-refractivity contribution < 1.29 is 16.8 Å². The minimum Gasteiger partial charge on any atom is -0.224 e. The van der Waals surface area contributed by atoms with E-state index in [4.69, 9.17) is 5.26 Å². The van der Waals surface area contributed by atoms with Gasteiger partial charge in [-0.1, -0.05) is 20.8 Å². The van der Waals surface area contributed by atoms with Crippen LogP contribution in [0, 0.1) is 16.7 Å². The van der Waals surface area contributed by atoms with E-state index in [-0.39, 0.29) is 39.2 Å². The van der Waals surface area contributed by atoms with Gasteiger partial charge < -0.3 is 0 Å². The van der Waals surface area contributed by atoms with E-state index in [0.717, 1.165) is 12.3 Å². The SMILES string of the molecule is CC(C)(C)CN(CCC#N)S(=O)(=O)c1cc(S(C)(=O)=O)ccc1Br. The largest absolute Gasteiger partial charge is 0.244 e. The van der Waals surface area contributed by atoms with Gasteiger partial charge in [-0.15, -0.1) is 0 Å².